The molecular weight excluding hydrogens is 316 g/mol. The zero-order chi connectivity index (χ0) is 18.2. The molecule has 3 rings (SSSR count). The van der Waals surface area contributed by atoms with Crippen molar-refractivity contribution in [2.24, 2.45) is 0 Å². The fraction of sp³-hybridized carbons (Fsp3) is 0.280. The SMILES string of the molecule is CCC(CC(C)c1ccccc1)c1ccc(OCc2ccccc2)cc1. The van der Waals surface area contributed by atoms with E-state index in [1.165, 1.54) is 23.1 Å². The maximum Gasteiger partial charge on any atom is 0.119 e. The monoisotopic (exact) mass is 344 g/mol. The minimum Gasteiger partial charge on any atom is -0.489 e. The van der Waals surface area contributed by atoms with E-state index in [0.717, 1.165) is 12.2 Å². The molecule has 0 aliphatic heterocycles. The Bertz CT molecular complexity index is 762. The molecule has 0 N–H and O–H groups in total. The van der Waals surface area contributed by atoms with Crippen molar-refractivity contribution in [2.45, 2.75) is 45.1 Å². The number of rotatable bonds is 8. The van der Waals surface area contributed by atoms with Gasteiger partial charge in [-0.15, -0.1) is 0 Å². The van der Waals surface area contributed by atoms with E-state index in [1.54, 1.807) is 0 Å². The lowest BCUT2D eigenvalue weighted by molar-refractivity contribution is 0.306. The van der Waals surface area contributed by atoms with Crippen LogP contribution in [0.4, 0.5) is 0 Å². The van der Waals surface area contributed by atoms with Crippen LogP contribution in [0.2, 0.25) is 0 Å². The average Bonchev–Trinajstić information content (AvgIpc) is 2.72. The summed E-state index contributed by atoms with van der Waals surface area (Å²) in [4.78, 5) is 0. The molecule has 0 aliphatic rings. The van der Waals surface area contributed by atoms with Crippen molar-refractivity contribution in [3.05, 3.63) is 102 Å². The van der Waals surface area contributed by atoms with Crippen LogP contribution in [0.3, 0.4) is 0 Å². The second-order valence-electron chi connectivity index (χ2n) is 7.00. The Labute approximate surface area is 157 Å². The molecule has 0 radical (unpaired) electrons. The van der Waals surface area contributed by atoms with Crippen LogP contribution in [0.1, 0.15) is 55.2 Å². The highest BCUT2D eigenvalue weighted by atomic mass is 16.5. The second kappa shape index (κ2) is 9.24. The summed E-state index contributed by atoms with van der Waals surface area (Å²) in [5.74, 6) is 2.08. The Morgan fingerprint density at radius 2 is 1.35 bits per heavy atom. The van der Waals surface area contributed by atoms with Gasteiger partial charge in [-0.1, -0.05) is 86.6 Å². The first-order valence-corrected chi connectivity index (χ1v) is 9.58. The van der Waals surface area contributed by atoms with Crippen LogP contribution in [-0.2, 0) is 6.61 Å². The van der Waals surface area contributed by atoms with E-state index in [9.17, 15) is 0 Å². The minimum absolute atomic E-state index is 0.565. The van der Waals surface area contributed by atoms with Gasteiger partial charge in [0.2, 0.25) is 0 Å². The Hall–Kier alpha value is -2.54. The molecule has 1 nitrogen and oxygen atoms in total. The van der Waals surface area contributed by atoms with Crippen LogP contribution in [0.5, 0.6) is 5.75 Å². The molecule has 2 atom stereocenters. The van der Waals surface area contributed by atoms with Crippen molar-refractivity contribution in [3.63, 3.8) is 0 Å². The fourth-order valence-electron chi connectivity index (χ4n) is 3.46. The lowest BCUT2D eigenvalue weighted by Crippen LogP contribution is -2.04. The van der Waals surface area contributed by atoms with Gasteiger partial charge in [-0.25, -0.2) is 0 Å². The summed E-state index contributed by atoms with van der Waals surface area (Å²) in [5, 5.41) is 0. The molecule has 0 amide bonds. The van der Waals surface area contributed by atoms with Gasteiger partial charge in [0.1, 0.15) is 12.4 Å². The molecule has 0 saturated heterocycles. The molecule has 0 heterocycles. The van der Waals surface area contributed by atoms with Crippen LogP contribution in [-0.4, -0.2) is 0 Å². The van der Waals surface area contributed by atoms with Crippen LogP contribution < -0.4 is 4.74 Å². The summed E-state index contributed by atoms with van der Waals surface area (Å²) >= 11 is 0. The summed E-state index contributed by atoms with van der Waals surface area (Å²) in [5.41, 5.74) is 4.02. The lowest BCUT2D eigenvalue weighted by Gasteiger charge is -2.21. The van der Waals surface area contributed by atoms with E-state index in [2.05, 4.69) is 80.6 Å². The molecule has 0 fully saturated rings. The van der Waals surface area contributed by atoms with Gasteiger partial charge in [-0.3, -0.25) is 0 Å². The smallest absolute Gasteiger partial charge is 0.119 e. The summed E-state index contributed by atoms with van der Waals surface area (Å²) in [7, 11) is 0. The van der Waals surface area contributed by atoms with Crippen molar-refractivity contribution < 1.29 is 4.74 Å². The molecule has 2 unspecified atom stereocenters. The van der Waals surface area contributed by atoms with Crippen molar-refractivity contribution >= 4 is 0 Å². The first-order chi connectivity index (χ1) is 12.8. The fourth-order valence-corrected chi connectivity index (χ4v) is 3.46. The predicted molar refractivity (Wildman–Crippen MR) is 110 cm³/mol. The maximum atomic E-state index is 5.91. The quantitative estimate of drug-likeness (QED) is 0.429. The Morgan fingerprint density at radius 1 is 0.731 bits per heavy atom. The number of benzene rings is 3. The molecular formula is C25H28O. The van der Waals surface area contributed by atoms with E-state index in [1.807, 2.05) is 18.2 Å². The normalized spacial score (nSPS) is 13.2. The highest BCUT2D eigenvalue weighted by molar-refractivity contribution is 5.30. The maximum absolute atomic E-state index is 5.91. The van der Waals surface area contributed by atoms with Gasteiger partial charge in [-0.2, -0.15) is 0 Å². The molecule has 134 valence electrons. The molecule has 3 aromatic carbocycles. The van der Waals surface area contributed by atoms with Gasteiger partial charge < -0.3 is 4.74 Å². The van der Waals surface area contributed by atoms with Crippen LogP contribution in [0, 0.1) is 0 Å². The Balaban J connectivity index is 1.60. The molecule has 0 bridgehead atoms. The molecule has 1 heteroatoms. The summed E-state index contributed by atoms with van der Waals surface area (Å²) in [6.07, 6.45) is 2.33. The Kier molecular flexibility index (Phi) is 6.49. The molecule has 0 saturated carbocycles. The van der Waals surface area contributed by atoms with Crippen molar-refractivity contribution in [3.8, 4) is 5.75 Å². The van der Waals surface area contributed by atoms with Crippen LogP contribution >= 0.6 is 0 Å². The molecule has 3 aromatic rings. The second-order valence-corrected chi connectivity index (χ2v) is 7.00. The lowest BCUT2D eigenvalue weighted by atomic mass is 9.85. The zero-order valence-electron chi connectivity index (χ0n) is 15.8. The van der Waals surface area contributed by atoms with Gasteiger partial charge in [0.25, 0.3) is 0 Å². The van der Waals surface area contributed by atoms with E-state index in [-0.39, 0.29) is 0 Å². The average molecular weight is 344 g/mol. The molecule has 0 spiro atoms. The third-order valence-corrected chi connectivity index (χ3v) is 5.10. The Morgan fingerprint density at radius 3 is 1.96 bits per heavy atom. The van der Waals surface area contributed by atoms with Gasteiger partial charge >= 0.3 is 0 Å². The predicted octanol–water partition coefficient (Wildman–Crippen LogP) is 6.95. The van der Waals surface area contributed by atoms with E-state index in [0.29, 0.717) is 18.4 Å². The van der Waals surface area contributed by atoms with Gasteiger partial charge in [-0.05, 0) is 53.5 Å². The standard InChI is InChI=1S/C25H28O/c1-3-22(18-20(2)23-12-8-5-9-13-23)24-14-16-25(17-15-24)26-19-21-10-6-4-7-11-21/h4-17,20,22H,3,18-19H2,1-2H3. The largest absolute Gasteiger partial charge is 0.489 e. The molecule has 0 aliphatic carbocycles. The van der Waals surface area contributed by atoms with Crippen molar-refractivity contribution in [1.82, 2.24) is 0 Å². The minimum atomic E-state index is 0.565. The van der Waals surface area contributed by atoms with E-state index in [4.69, 9.17) is 4.74 Å². The summed E-state index contributed by atoms with van der Waals surface area (Å²) < 4.78 is 5.91. The van der Waals surface area contributed by atoms with Crippen LogP contribution in [0.25, 0.3) is 0 Å². The topological polar surface area (TPSA) is 9.23 Å². The number of ether oxygens (including phenoxy) is 1. The third-order valence-electron chi connectivity index (χ3n) is 5.10. The van der Waals surface area contributed by atoms with Crippen LogP contribution in [0.15, 0.2) is 84.9 Å². The van der Waals surface area contributed by atoms with Crippen molar-refractivity contribution in [2.75, 3.05) is 0 Å². The summed E-state index contributed by atoms with van der Waals surface area (Å²) in [6, 6.07) is 29.8. The van der Waals surface area contributed by atoms with Gasteiger partial charge in [0.05, 0.1) is 0 Å². The third kappa shape index (κ3) is 4.98. The van der Waals surface area contributed by atoms with Gasteiger partial charge in [0.15, 0.2) is 0 Å². The van der Waals surface area contributed by atoms with E-state index < -0.39 is 0 Å². The van der Waals surface area contributed by atoms with Crippen molar-refractivity contribution in [1.29, 1.82) is 0 Å². The highest BCUT2D eigenvalue weighted by Gasteiger charge is 2.15. The first-order valence-electron chi connectivity index (χ1n) is 9.58. The number of hydrogen-bond donors (Lipinski definition) is 0. The van der Waals surface area contributed by atoms with E-state index >= 15 is 0 Å². The van der Waals surface area contributed by atoms with Gasteiger partial charge in [0, 0.05) is 0 Å². The zero-order valence-corrected chi connectivity index (χ0v) is 15.8. The molecule has 0 aromatic heterocycles. The highest BCUT2D eigenvalue weighted by Crippen LogP contribution is 2.32. The number of hydrogen-bond acceptors (Lipinski definition) is 1. The first kappa shape index (κ1) is 18.3. The summed E-state index contributed by atoms with van der Waals surface area (Å²) in [6.45, 7) is 5.22. The molecule has 26 heavy (non-hydrogen) atoms.